The Labute approximate surface area is 97.0 Å². The minimum absolute atomic E-state index is 0.0159. The molecule has 17 heavy (non-hydrogen) atoms. The number of carbonyl (C=O) groups is 1. The van der Waals surface area contributed by atoms with Crippen molar-refractivity contribution < 1.29 is 9.90 Å². The summed E-state index contributed by atoms with van der Waals surface area (Å²) in [7, 11) is 0. The molecular weight excluding hydrogens is 220 g/mol. The summed E-state index contributed by atoms with van der Waals surface area (Å²) in [5.41, 5.74) is -0.156. The van der Waals surface area contributed by atoms with E-state index in [0.29, 0.717) is 5.82 Å². The van der Waals surface area contributed by atoms with Crippen LogP contribution in [0.25, 0.3) is 5.82 Å². The van der Waals surface area contributed by atoms with Crippen molar-refractivity contribution in [2.75, 3.05) is 0 Å². The van der Waals surface area contributed by atoms with Crippen LogP contribution in [0.15, 0.2) is 41.5 Å². The highest BCUT2D eigenvalue weighted by Gasteiger charge is 2.12. The maximum Gasteiger partial charge on any atom is 0.336 e. The molecule has 0 bridgehead atoms. The molecule has 0 saturated heterocycles. The molecule has 0 saturated carbocycles. The summed E-state index contributed by atoms with van der Waals surface area (Å²) in [5.74, 6) is -0.634. The van der Waals surface area contributed by atoms with Crippen molar-refractivity contribution in [3.05, 3.63) is 58.1 Å². The second-order valence-corrected chi connectivity index (χ2v) is 3.52. The standard InChI is InChI=1S/C12H10N2O3/c1-8-9(12(16)17)5-7-14(11(8)15)10-4-2-3-6-13-10/h2-7H,1H3,(H,16,17). The predicted molar refractivity (Wildman–Crippen MR) is 61.5 cm³/mol. The quantitative estimate of drug-likeness (QED) is 0.842. The van der Waals surface area contributed by atoms with Gasteiger partial charge in [-0.2, -0.15) is 0 Å². The van der Waals surface area contributed by atoms with Crippen LogP contribution < -0.4 is 5.56 Å². The van der Waals surface area contributed by atoms with Crippen molar-refractivity contribution in [1.29, 1.82) is 0 Å². The van der Waals surface area contributed by atoms with Crippen LogP contribution in [0.4, 0.5) is 0 Å². The van der Waals surface area contributed by atoms with Crippen LogP contribution >= 0.6 is 0 Å². The molecule has 0 aliphatic rings. The maximum atomic E-state index is 12.0. The van der Waals surface area contributed by atoms with Crippen molar-refractivity contribution in [2.45, 2.75) is 6.92 Å². The Kier molecular flexibility index (Phi) is 2.74. The van der Waals surface area contributed by atoms with Gasteiger partial charge in [0.05, 0.1) is 5.56 Å². The van der Waals surface area contributed by atoms with Crippen LogP contribution in [0.2, 0.25) is 0 Å². The first-order valence-electron chi connectivity index (χ1n) is 4.98. The summed E-state index contributed by atoms with van der Waals surface area (Å²) in [6.07, 6.45) is 2.99. The van der Waals surface area contributed by atoms with Gasteiger partial charge in [0.1, 0.15) is 5.82 Å². The van der Waals surface area contributed by atoms with E-state index in [4.69, 9.17) is 5.11 Å². The fourth-order valence-corrected chi connectivity index (χ4v) is 1.55. The molecule has 0 spiro atoms. The third-order valence-corrected chi connectivity index (χ3v) is 2.46. The topological polar surface area (TPSA) is 72.2 Å². The molecule has 0 radical (unpaired) electrons. The molecule has 1 N–H and O–H groups in total. The molecule has 0 aliphatic heterocycles. The zero-order valence-electron chi connectivity index (χ0n) is 9.12. The second kappa shape index (κ2) is 4.21. The highest BCUT2D eigenvalue weighted by atomic mass is 16.4. The first kappa shape index (κ1) is 11.1. The van der Waals surface area contributed by atoms with Crippen LogP contribution in [0.1, 0.15) is 15.9 Å². The summed E-state index contributed by atoms with van der Waals surface area (Å²) in [6, 6.07) is 6.58. The fraction of sp³-hybridized carbons (Fsp3) is 0.0833. The predicted octanol–water partition coefficient (Wildman–Crippen LogP) is 1.24. The van der Waals surface area contributed by atoms with Gasteiger partial charge >= 0.3 is 5.97 Å². The normalized spacial score (nSPS) is 10.2. The van der Waals surface area contributed by atoms with Gasteiger partial charge in [-0.15, -0.1) is 0 Å². The van der Waals surface area contributed by atoms with E-state index >= 15 is 0 Å². The number of hydrogen-bond donors (Lipinski definition) is 1. The molecule has 0 aromatic carbocycles. The third kappa shape index (κ3) is 1.94. The van der Waals surface area contributed by atoms with E-state index in [0.717, 1.165) is 0 Å². The average molecular weight is 230 g/mol. The summed E-state index contributed by atoms with van der Waals surface area (Å²) < 4.78 is 1.32. The molecule has 5 nitrogen and oxygen atoms in total. The molecule has 2 heterocycles. The minimum Gasteiger partial charge on any atom is -0.478 e. The zero-order valence-corrected chi connectivity index (χ0v) is 9.12. The number of aromatic carboxylic acids is 1. The summed E-state index contributed by atoms with van der Waals surface area (Å²) in [4.78, 5) is 26.9. The lowest BCUT2D eigenvalue weighted by molar-refractivity contribution is 0.0695. The average Bonchev–Trinajstić information content (AvgIpc) is 2.33. The third-order valence-electron chi connectivity index (χ3n) is 2.46. The molecule has 86 valence electrons. The lowest BCUT2D eigenvalue weighted by Crippen LogP contribution is -2.23. The smallest absolute Gasteiger partial charge is 0.336 e. The fourth-order valence-electron chi connectivity index (χ4n) is 1.55. The van der Waals surface area contributed by atoms with Crippen molar-refractivity contribution >= 4 is 5.97 Å². The van der Waals surface area contributed by atoms with Crippen molar-refractivity contribution in [2.24, 2.45) is 0 Å². The van der Waals surface area contributed by atoms with E-state index < -0.39 is 5.97 Å². The van der Waals surface area contributed by atoms with Crippen LogP contribution in [0.5, 0.6) is 0 Å². The van der Waals surface area contributed by atoms with E-state index in [1.54, 1.807) is 24.4 Å². The molecule has 5 heteroatoms. The van der Waals surface area contributed by atoms with Gasteiger partial charge in [-0.05, 0) is 25.1 Å². The molecule has 0 atom stereocenters. The van der Waals surface area contributed by atoms with Gasteiger partial charge < -0.3 is 5.11 Å². The van der Waals surface area contributed by atoms with E-state index in [9.17, 15) is 9.59 Å². The van der Waals surface area contributed by atoms with Crippen molar-refractivity contribution in [3.63, 3.8) is 0 Å². The van der Waals surface area contributed by atoms with Gasteiger partial charge in [-0.3, -0.25) is 9.36 Å². The first-order chi connectivity index (χ1) is 8.11. The van der Waals surface area contributed by atoms with Gasteiger partial charge in [-0.25, -0.2) is 9.78 Å². The Morgan fingerprint density at radius 1 is 1.35 bits per heavy atom. The molecule has 2 aromatic rings. The number of carboxylic acids is 1. The summed E-state index contributed by atoms with van der Waals surface area (Å²) in [5, 5.41) is 8.89. The first-order valence-corrected chi connectivity index (χ1v) is 4.98. The summed E-state index contributed by atoms with van der Waals surface area (Å²) >= 11 is 0. The van der Waals surface area contributed by atoms with E-state index in [-0.39, 0.29) is 16.7 Å². The van der Waals surface area contributed by atoms with Crippen LogP contribution in [-0.4, -0.2) is 20.6 Å². The number of nitrogens with zero attached hydrogens (tertiary/aromatic N) is 2. The lowest BCUT2D eigenvalue weighted by Gasteiger charge is -2.06. The monoisotopic (exact) mass is 230 g/mol. The lowest BCUT2D eigenvalue weighted by atomic mass is 10.1. The Morgan fingerprint density at radius 3 is 2.71 bits per heavy atom. The number of rotatable bonds is 2. The maximum absolute atomic E-state index is 12.0. The Morgan fingerprint density at radius 2 is 2.12 bits per heavy atom. The van der Waals surface area contributed by atoms with E-state index in [1.165, 1.54) is 23.8 Å². The zero-order chi connectivity index (χ0) is 12.4. The van der Waals surface area contributed by atoms with Crippen molar-refractivity contribution in [1.82, 2.24) is 9.55 Å². The minimum atomic E-state index is -1.10. The molecular formula is C12H10N2O3. The second-order valence-electron chi connectivity index (χ2n) is 3.52. The van der Waals surface area contributed by atoms with Crippen LogP contribution in [0, 0.1) is 6.92 Å². The largest absolute Gasteiger partial charge is 0.478 e. The van der Waals surface area contributed by atoms with Gasteiger partial charge in [0.25, 0.3) is 5.56 Å². The van der Waals surface area contributed by atoms with E-state index in [1.807, 2.05) is 0 Å². The van der Waals surface area contributed by atoms with Gasteiger partial charge in [0.2, 0.25) is 0 Å². The Bertz CT molecular complexity index is 617. The van der Waals surface area contributed by atoms with Crippen molar-refractivity contribution in [3.8, 4) is 5.82 Å². The highest BCUT2D eigenvalue weighted by molar-refractivity contribution is 5.89. The Balaban J connectivity index is 2.64. The SMILES string of the molecule is Cc1c(C(=O)O)ccn(-c2ccccn2)c1=O. The molecule has 2 rings (SSSR count). The van der Waals surface area contributed by atoms with Gasteiger partial charge in [-0.1, -0.05) is 6.07 Å². The molecule has 0 fully saturated rings. The molecule has 2 aromatic heterocycles. The Hall–Kier alpha value is -2.43. The number of aromatic nitrogens is 2. The van der Waals surface area contributed by atoms with Crippen LogP contribution in [-0.2, 0) is 0 Å². The summed E-state index contributed by atoms with van der Waals surface area (Å²) in [6.45, 7) is 1.49. The van der Waals surface area contributed by atoms with Gasteiger partial charge in [0, 0.05) is 18.0 Å². The highest BCUT2D eigenvalue weighted by Crippen LogP contribution is 2.05. The number of hydrogen-bond acceptors (Lipinski definition) is 3. The molecule has 0 unspecified atom stereocenters. The number of carboxylic acid groups (broad SMARTS) is 1. The molecule has 0 aliphatic carbocycles. The van der Waals surface area contributed by atoms with Crippen LogP contribution in [0.3, 0.4) is 0 Å². The molecule has 0 amide bonds. The number of pyridine rings is 2. The van der Waals surface area contributed by atoms with Gasteiger partial charge in [0.15, 0.2) is 0 Å². The van der Waals surface area contributed by atoms with E-state index in [2.05, 4.69) is 4.98 Å².